The molecule has 2 heterocycles. The third-order valence-electron chi connectivity index (χ3n) is 5.81. The number of rotatable bonds is 4. The number of nitrogens with zero attached hydrogens (tertiary/aromatic N) is 1. The van der Waals surface area contributed by atoms with Gasteiger partial charge in [0.1, 0.15) is 12.7 Å². The van der Waals surface area contributed by atoms with E-state index in [9.17, 15) is 4.79 Å². The Bertz CT molecular complexity index is 633. The summed E-state index contributed by atoms with van der Waals surface area (Å²) in [6.45, 7) is 3.33. The Morgan fingerprint density at radius 1 is 1.00 bits per heavy atom. The Morgan fingerprint density at radius 3 is 2.59 bits per heavy atom. The normalized spacial score (nSPS) is 26.4. The number of benzene rings is 1. The molecule has 6 nitrogen and oxygen atoms in total. The van der Waals surface area contributed by atoms with Crippen LogP contribution in [0.5, 0.6) is 11.5 Å². The molecule has 27 heavy (non-hydrogen) atoms. The highest BCUT2D eigenvalue weighted by Crippen LogP contribution is 2.31. The maximum atomic E-state index is 12.3. The molecule has 1 saturated carbocycles. The molecular formula is C21H31N3O3. The summed E-state index contributed by atoms with van der Waals surface area (Å²) >= 11 is 0. The second-order valence-electron chi connectivity index (χ2n) is 8.05. The van der Waals surface area contributed by atoms with Crippen LogP contribution < -0.4 is 20.1 Å². The summed E-state index contributed by atoms with van der Waals surface area (Å²) in [6.07, 6.45) is 8.17. The number of ether oxygens (including phenoxy) is 2. The fourth-order valence-electron chi connectivity index (χ4n) is 4.44. The molecule has 4 rings (SSSR count). The summed E-state index contributed by atoms with van der Waals surface area (Å²) in [5.74, 6) is 1.65. The monoisotopic (exact) mass is 373 g/mol. The zero-order valence-corrected chi connectivity index (χ0v) is 16.0. The van der Waals surface area contributed by atoms with E-state index in [0.29, 0.717) is 12.6 Å². The molecule has 1 saturated heterocycles. The number of urea groups is 1. The summed E-state index contributed by atoms with van der Waals surface area (Å²) in [7, 11) is 0. The molecule has 148 valence electrons. The largest absolute Gasteiger partial charge is 0.486 e. The Kier molecular flexibility index (Phi) is 6.02. The molecule has 2 amide bonds. The van der Waals surface area contributed by atoms with Gasteiger partial charge in [0, 0.05) is 25.2 Å². The first kappa shape index (κ1) is 18.4. The third-order valence-corrected chi connectivity index (χ3v) is 5.81. The molecule has 2 aliphatic heterocycles. The van der Waals surface area contributed by atoms with Gasteiger partial charge in [-0.2, -0.15) is 0 Å². The number of piperidine rings is 1. The minimum atomic E-state index is -0.0000675. The molecule has 2 unspecified atom stereocenters. The van der Waals surface area contributed by atoms with E-state index in [0.717, 1.165) is 56.8 Å². The minimum Gasteiger partial charge on any atom is -0.486 e. The van der Waals surface area contributed by atoms with E-state index in [1.165, 1.54) is 19.3 Å². The van der Waals surface area contributed by atoms with Crippen LogP contribution in [0, 0.1) is 0 Å². The smallest absolute Gasteiger partial charge is 0.315 e. The van der Waals surface area contributed by atoms with Gasteiger partial charge in [-0.1, -0.05) is 31.4 Å². The highest BCUT2D eigenvalue weighted by atomic mass is 16.6. The fraction of sp³-hybridized carbons (Fsp3) is 0.667. The van der Waals surface area contributed by atoms with Gasteiger partial charge < -0.3 is 20.1 Å². The lowest BCUT2D eigenvalue weighted by molar-refractivity contribution is 0.0492. The minimum absolute atomic E-state index is 0.0000675. The maximum Gasteiger partial charge on any atom is 0.315 e. The van der Waals surface area contributed by atoms with Crippen LogP contribution in [0.25, 0.3) is 0 Å². The van der Waals surface area contributed by atoms with Crippen LogP contribution >= 0.6 is 0 Å². The fourth-order valence-corrected chi connectivity index (χ4v) is 4.44. The van der Waals surface area contributed by atoms with Gasteiger partial charge in [-0.15, -0.1) is 0 Å². The van der Waals surface area contributed by atoms with Crippen molar-refractivity contribution < 1.29 is 14.3 Å². The van der Waals surface area contributed by atoms with Crippen LogP contribution in [0.2, 0.25) is 0 Å². The van der Waals surface area contributed by atoms with Crippen molar-refractivity contribution in [3.05, 3.63) is 24.3 Å². The van der Waals surface area contributed by atoms with Gasteiger partial charge in [0.05, 0.1) is 0 Å². The van der Waals surface area contributed by atoms with E-state index in [1.54, 1.807) is 0 Å². The number of hydrogen-bond donors (Lipinski definition) is 2. The Labute approximate surface area is 161 Å². The number of likely N-dealkylation sites (tertiary alicyclic amines) is 1. The van der Waals surface area contributed by atoms with Gasteiger partial charge in [0.25, 0.3) is 0 Å². The highest BCUT2D eigenvalue weighted by molar-refractivity contribution is 5.74. The number of amides is 2. The molecule has 1 aliphatic carbocycles. The van der Waals surface area contributed by atoms with Crippen molar-refractivity contribution >= 4 is 6.03 Å². The molecule has 3 aliphatic rings. The SMILES string of the molecule is O=C(NC1CCCCC1)NC1CCCN(CC2COc3ccccc3O2)C1. The molecule has 0 bridgehead atoms. The van der Waals surface area contributed by atoms with Crippen molar-refractivity contribution in [1.82, 2.24) is 15.5 Å². The van der Waals surface area contributed by atoms with Crippen LogP contribution in [-0.4, -0.2) is 55.4 Å². The van der Waals surface area contributed by atoms with Gasteiger partial charge >= 0.3 is 6.03 Å². The van der Waals surface area contributed by atoms with Gasteiger partial charge in [-0.05, 0) is 44.4 Å². The van der Waals surface area contributed by atoms with Gasteiger partial charge in [-0.25, -0.2) is 4.79 Å². The number of para-hydroxylation sites is 2. The van der Waals surface area contributed by atoms with E-state index < -0.39 is 0 Å². The second-order valence-corrected chi connectivity index (χ2v) is 8.05. The summed E-state index contributed by atoms with van der Waals surface area (Å²) in [5.41, 5.74) is 0. The lowest BCUT2D eigenvalue weighted by Crippen LogP contribution is -2.54. The summed E-state index contributed by atoms with van der Waals surface area (Å²) in [5, 5.41) is 6.35. The van der Waals surface area contributed by atoms with Gasteiger partial charge in [0.15, 0.2) is 11.5 Å². The van der Waals surface area contributed by atoms with E-state index in [-0.39, 0.29) is 18.2 Å². The number of nitrogens with one attached hydrogen (secondary N) is 2. The molecular weight excluding hydrogens is 342 g/mol. The molecule has 2 N–H and O–H groups in total. The Morgan fingerprint density at radius 2 is 1.74 bits per heavy atom. The lowest BCUT2D eigenvalue weighted by atomic mass is 9.96. The van der Waals surface area contributed by atoms with Crippen molar-refractivity contribution in [1.29, 1.82) is 0 Å². The molecule has 2 fully saturated rings. The Balaban J connectivity index is 1.23. The average Bonchev–Trinajstić information content (AvgIpc) is 2.69. The number of carbonyl (C=O) groups is 1. The van der Waals surface area contributed by atoms with Gasteiger partial charge in [-0.3, -0.25) is 4.90 Å². The summed E-state index contributed by atoms with van der Waals surface area (Å²) < 4.78 is 11.9. The standard InChI is InChI=1S/C21H31N3O3/c25-21(22-16-7-2-1-3-8-16)23-17-9-6-12-24(13-17)14-18-15-26-19-10-4-5-11-20(19)27-18/h4-5,10-11,16-18H,1-3,6-9,12-15H2,(H2,22,23,25). The molecule has 0 aromatic heterocycles. The molecule has 1 aromatic rings. The second kappa shape index (κ2) is 8.83. The predicted octanol–water partition coefficient (Wildman–Crippen LogP) is 2.92. The predicted molar refractivity (Wildman–Crippen MR) is 104 cm³/mol. The quantitative estimate of drug-likeness (QED) is 0.852. The summed E-state index contributed by atoms with van der Waals surface area (Å²) in [6, 6.07) is 8.39. The van der Waals surface area contributed by atoms with E-state index in [2.05, 4.69) is 15.5 Å². The average molecular weight is 373 g/mol. The van der Waals surface area contributed by atoms with Crippen molar-refractivity contribution in [2.45, 2.75) is 63.1 Å². The summed E-state index contributed by atoms with van der Waals surface area (Å²) in [4.78, 5) is 14.7. The van der Waals surface area contributed by atoms with E-state index in [1.807, 2.05) is 24.3 Å². The number of hydrogen-bond acceptors (Lipinski definition) is 4. The van der Waals surface area contributed by atoms with Crippen LogP contribution in [0.3, 0.4) is 0 Å². The maximum absolute atomic E-state index is 12.3. The first-order chi connectivity index (χ1) is 13.3. The molecule has 1 aromatic carbocycles. The first-order valence-corrected chi connectivity index (χ1v) is 10.4. The highest BCUT2D eigenvalue weighted by Gasteiger charge is 2.27. The number of carbonyl (C=O) groups excluding carboxylic acids is 1. The third kappa shape index (κ3) is 5.06. The number of fused-ring (bicyclic) bond motifs is 1. The lowest BCUT2D eigenvalue weighted by Gasteiger charge is -2.36. The zero-order valence-electron chi connectivity index (χ0n) is 16.0. The van der Waals surface area contributed by atoms with E-state index >= 15 is 0 Å². The van der Waals surface area contributed by atoms with Crippen molar-refractivity contribution in [3.63, 3.8) is 0 Å². The topological polar surface area (TPSA) is 62.8 Å². The first-order valence-electron chi connectivity index (χ1n) is 10.4. The van der Waals surface area contributed by atoms with Crippen LogP contribution in [0.1, 0.15) is 44.9 Å². The van der Waals surface area contributed by atoms with Crippen molar-refractivity contribution in [3.8, 4) is 11.5 Å². The molecule has 6 heteroatoms. The molecule has 0 spiro atoms. The van der Waals surface area contributed by atoms with Crippen LogP contribution in [0.15, 0.2) is 24.3 Å². The Hall–Kier alpha value is -1.95. The van der Waals surface area contributed by atoms with Crippen LogP contribution in [0.4, 0.5) is 4.79 Å². The van der Waals surface area contributed by atoms with Crippen LogP contribution in [-0.2, 0) is 0 Å². The molecule has 0 radical (unpaired) electrons. The van der Waals surface area contributed by atoms with Gasteiger partial charge in [0.2, 0.25) is 0 Å². The van der Waals surface area contributed by atoms with E-state index in [4.69, 9.17) is 9.47 Å². The van der Waals surface area contributed by atoms with Crippen molar-refractivity contribution in [2.75, 3.05) is 26.2 Å². The molecule has 2 atom stereocenters. The van der Waals surface area contributed by atoms with Crippen molar-refractivity contribution in [2.24, 2.45) is 0 Å². The zero-order chi connectivity index (χ0) is 18.5.